The third-order valence-corrected chi connectivity index (χ3v) is 2.59. The Morgan fingerprint density at radius 3 is 2.50 bits per heavy atom. The summed E-state index contributed by atoms with van der Waals surface area (Å²) in [6.07, 6.45) is 0.513. The van der Waals surface area contributed by atoms with Gasteiger partial charge in [-0.15, -0.1) is 0 Å². The van der Waals surface area contributed by atoms with Crippen molar-refractivity contribution < 1.29 is 9.53 Å². The van der Waals surface area contributed by atoms with Crippen LogP contribution in [0.15, 0.2) is 24.3 Å². The molecule has 0 aromatic heterocycles. The first-order chi connectivity index (χ1) is 8.76. The average molecular weight is 250 g/mol. The highest BCUT2D eigenvalue weighted by Gasteiger charge is 2.00. The van der Waals surface area contributed by atoms with Crippen LogP contribution in [0.1, 0.15) is 24.5 Å². The molecular weight excluding hydrogens is 228 g/mol. The average Bonchev–Trinajstić information content (AvgIpc) is 2.41. The van der Waals surface area contributed by atoms with E-state index in [0.29, 0.717) is 26.1 Å². The Morgan fingerprint density at radius 1 is 1.22 bits per heavy atom. The molecule has 0 unspecified atom stereocenters. The topological polar surface area (TPSA) is 50.4 Å². The first kappa shape index (κ1) is 14.7. The molecule has 0 saturated heterocycles. The van der Waals surface area contributed by atoms with Gasteiger partial charge in [0, 0.05) is 26.1 Å². The Bertz CT molecular complexity index is 349. The minimum absolute atomic E-state index is 0.0720. The van der Waals surface area contributed by atoms with E-state index in [-0.39, 0.29) is 5.91 Å². The molecule has 1 rings (SSSR count). The lowest BCUT2D eigenvalue weighted by atomic mass is 10.1. The fourth-order valence-electron chi connectivity index (χ4n) is 1.50. The number of carbonyl (C=O) groups is 1. The Hall–Kier alpha value is -1.39. The van der Waals surface area contributed by atoms with Gasteiger partial charge in [-0.05, 0) is 25.1 Å². The molecule has 0 bridgehead atoms. The summed E-state index contributed by atoms with van der Waals surface area (Å²) in [5.41, 5.74) is 2.26. The van der Waals surface area contributed by atoms with E-state index >= 15 is 0 Å². The molecule has 1 aromatic rings. The van der Waals surface area contributed by atoms with Crippen LogP contribution in [-0.4, -0.2) is 26.1 Å². The number of carbonyl (C=O) groups excluding carboxylic acids is 1. The summed E-state index contributed by atoms with van der Waals surface area (Å²) in [7, 11) is 1.84. The molecular formula is C14H22N2O2. The fraction of sp³-hybridized carbons (Fsp3) is 0.500. The maximum absolute atomic E-state index is 11.4. The Kier molecular flexibility index (Phi) is 7.06. The zero-order valence-electron chi connectivity index (χ0n) is 11.2. The van der Waals surface area contributed by atoms with Crippen molar-refractivity contribution in [3.05, 3.63) is 35.4 Å². The van der Waals surface area contributed by atoms with Crippen LogP contribution in [0.4, 0.5) is 0 Å². The van der Waals surface area contributed by atoms with E-state index in [9.17, 15) is 4.79 Å². The molecule has 0 spiro atoms. The Balaban J connectivity index is 2.32. The summed E-state index contributed by atoms with van der Waals surface area (Å²) in [5, 5.41) is 5.84. The normalized spacial score (nSPS) is 10.3. The number of hydrogen-bond donors (Lipinski definition) is 2. The van der Waals surface area contributed by atoms with Crippen LogP contribution < -0.4 is 10.6 Å². The standard InChI is InChI=1S/C14H22N2O2/c1-3-18-11-13-6-4-12(5-7-13)10-16-14(17)8-9-15-2/h4-7,15H,3,8-11H2,1-2H3,(H,16,17). The predicted octanol–water partition coefficient (Wildman–Crippen LogP) is 1.45. The SMILES string of the molecule is CCOCc1ccc(CNC(=O)CCNC)cc1. The second-order valence-corrected chi connectivity index (χ2v) is 4.08. The zero-order chi connectivity index (χ0) is 13.2. The molecule has 100 valence electrons. The van der Waals surface area contributed by atoms with Crippen molar-refractivity contribution in [1.82, 2.24) is 10.6 Å². The van der Waals surface area contributed by atoms with Gasteiger partial charge in [0.15, 0.2) is 0 Å². The summed E-state index contributed by atoms with van der Waals surface area (Å²) in [4.78, 5) is 11.4. The van der Waals surface area contributed by atoms with Crippen LogP contribution in [0.25, 0.3) is 0 Å². The monoisotopic (exact) mass is 250 g/mol. The molecule has 0 atom stereocenters. The molecule has 2 N–H and O–H groups in total. The molecule has 0 radical (unpaired) electrons. The molecule has 4 nitrogen and oxygen atoms in total. The zero-order valence-corrected chi connectivity index (χ0v) is 11.2. The fourth-order valence-corrected chi connectivity index (χ4v) is 1.50. The van der Waals surface area contributed by atoms with Gasteiger partial charge < -0.3 is 15.4 Å². The first-order valence-corrected chi connectivity index (χ1v) is 6.33. The van der Waals surface area contributed by atoms with Gasteiger partial charge >= 0.3 is 0 Å². The van der Waals surface area contributed by atoms with Crippen LogP contribution >= 0.6 is 0 Å². The molecule has 0 fully saturated rings. The van der Waals surface area contributed by atoms with Crippen molar-refractivity contribution in [3.63, 3.8) is 0 Å². The first-order valence-electron chi connectivity index (χ1n) is 6.33. The van der Waals surface area contributed by atoms with Crippen LogP contribution in [0.2, 0.25) is 0 Å². The van der Waals surface area contributed by atoms with Crippen molar-refractivity contribution in [3.8, 4) is 0 Å². The second-order valence-electron chi connectivity index (χ2n) is 4.08. The molecule has 0 aliphatic heterocycles. The number of rotatable bonds is 8. The van der Waals surface area contributed by atoms with Crippen molar-refractivity contribution in [1.29, 1.82) is 0 Å². The van der Waals surface area contributed by atoms with Crippen molar-refractivity contribution in [2.24, 2.45) is 0 Å². The second kappa shape index (κ2) is 8.66. The van der Waals surface area contributed by atoms with Crippen molar-refractivity contribution in [2.75, 3.05) is 20.2 Å². The number of nitrogens with one attached hydrogen (secondary N) is 2. The number of ether oxygens (including phenoxy) is 1. The Morgan fingerprint density at radius 2 is 1.89 bits per heavy atom. The third kappa shape index (κ3) is 5.80. The molecule has 0 aliphatic carbocycles. The van der Waals surface area contributed by atoms with Crippen LogP contribution in [0, 0.1) is 0 Å². The Labute approximate surface area is 109 Å². The molecule has 0 saturated carbocycles. The van der Waals surface area contributed by atoms with E-state index in [4.69, 9.17) is 4.74 Å². The summed E-state index contributed by atoms with van der Waals surface area (Å²) >= 11 is 0. The van der Waals surface area contributed by atoms with E-state index in [1.54, 1.807) is 0 Å². The van der Waals surface area contributed by atoms with Gasteiger partial charge in [0.05, 0.1) is 6.61 Å². The van der Waals surface area contributed by atoms with Gasteiger partial charge in [-0.3, -0.25) is 4.79 Å². The van der Waals surface area contributed by atoms with Crippen molar-refractivity contribution >= 4 is 5.91 Å². The highest BCUT2D eigenvalue weighted by molar-refractivity contribution is 5.76. The molecule has 0 aliphatic rings. The van der Waals surface area contributed by atoms with Gasteiger partial charge in [-0.25, -0.2) is 0 Å². The maximum atomic E-state index is 11.4. The summed E-state index contributed by atoms with van der Waals surface area (Å²) in [5.74, 6) is 0.0720. The van der Waals surface area contributed by atoms with Crippen molar-refractivity contribution in [2.45, 2.75) is 26.5 Å². The number of benzene rings is 1. The third-order valence-electron chi connectivity index (χ3n) is 2.59. The number of amides is 1. The van der Waals surface area contributed by atoms with Gasteiger partial charge in [-0.2, -0.15) is 0 Å². The van der Waals surface area contributed by atoms with Gasteiger partial charge in [0.2, 0.25) is 5.91 Å². The highest BCUT2D eigenvalue weighted by Crippen LogP contribution is 2.05. The lowest BCUT2D eigenvalue weighted by Crippen LogP contribution is -2.26. The van der Waals surface area contributed by atoms with Gasteiger partial charge in [0.25, 0.3) is 0 Å². The molecule has 18 heavy (non-hydrogen) atoms. The van der Waals surface area contributed by atoms with E-state index in [0.717, 1.165) is 17.7 Å². The minimum Gasteiger partial charge on any atom is -0.377 e. The summed E-state index contributed by atoms with van der Waals surface area (Å²) in [6, 6.07) is 8.11. The van der Waals surface area contributed by atoms with E-state index in [2.05, 4.69) is 10.6 Å². The summed E-state index contributed by atoms with van der Waals surface area (Å²) in [6.45, 7) is 4.64. The molecule has 1 amide bonds. The lowest BCUT2D eigenvalue weighted by Gasteiger charge is -2.06. The van der Waals surface area contributed by atoms with E-state index in [1.165, 1.54) is 0 Å². The van der Waals surface area contributed by atoms with Crippen LogP contribution in [0.3, 0.4) is 0 Å². The smallest absolute Gasteiger partial charge is 0.221 e. The minimum atomic E-state index is 0.0720. The van der Waals surface area contributed by atoms with Gasteiger partial charge in [0.1, 0.15) is 0 Å². The quantitative estimate of drug-likeness (QED) is 0.734. The maximum Gasteiger partial charge on any atom is 0.221 e. The largest absolute Gasteiger partial charge is 0.377 e. The van der Waals surface area contributed by atoms with E-state index < -0.39 is 0 Å². The lowest BCUT2D eigenvalue weighted by molar-refractivity contribution is -0.121. The van der Waals surface area contributed by atoms with Gasteiger partial charge in [-0.1, -0.05) is 24.3 Å². The highest BCUT2D eigenvalue weighted by atomic mass is 16.5. The number of hydrogen-bond acceptors (Lipinski definition) is 3. The van der Waals surface area contributed by atoms with Crippen LogP contribution in [-0.2, 0) is 22.7 Å². The molecule has 1 aromatic carbocycles. The predicted molar refractivity (Wildman–Crippen MR) is 72.2 cm³/mol. The molecule has 0 heterocycles. The van der Waals surface area contributed by atoms with Crippen LogP contribution in [0.5, 0.6) is 0 Å². The molecule has 4 heteroatoms. The van der Waals surface area contributed by atoms with E-state index in [1.807, 2.05) is 38.2 Å². The summed E-state index contributed by atoms with van der Waals surface area (Å²) < 4.78 is 5.33.